The van der Waals surface area contributed by atoms with Gasteiger partial charge in [0.05, 0.1) is 36.1 Å². The zero-order valence-electron chi connectivity index (χ0n) is 19.2. The first-order valence-corrected chi connectivity index (χ1v) is 11.3. The number of fused-ring (bicyclic) bond motifs is 1. The van der Waals surface area contributed by atoms with E-state index < -0.39 is 0 Å². The van der Waals surface area contributed by atoms with Gasteiger partial charge in [0.2, 0.25) is 0 Å². The summed E-state index contributed by atoms with van der Waals surface area (Å²) in [5.41, 5.74) is 8.87. The molecule has 5 rings (SSSR count). The molecule has 1 aliphatic carbocycles. The quantitative estimate of drug-likeness (QED) is 0.445. The Labute approximate surface area is 197 Å². The lowest BCUT2D eigenvalue weighted by Gasteiger charge is -2.28. The third-order valence-corrected chi connectivity index (χ3v) is 5.94. The van der Waals surface area contributed by atoms with E-state index in [-0.39, 0.29) is 11.9 Å². The van der Waals surface area contributed by atoms with E-state index in [0.717, 1.165) is 40.8 Å². The van der Waals surface area contributed by atoms with E-state index in [9.17, 15) is 4.79 Å². The summed E-state index contributed by atoms with van der Waals surface area (Å²) in [6.45, 7) is 4.13. The Kier molecular flexibility index (Phi) is 5.79. The number of rotatable bonds is 7. The normalized spacial score (nSPS) is 14.1. The van der Waals surface area contributed by atoms with Gasteiger partial charge in [-0.15, -0.1) is 0 Å². The number of nitrogen functional groups attached to an aromatic ring is 1. The minimum Gasteiger partial charge on any atom is -0.489 e. The van der Waals surface area contributed by atoms with Gasteiger partial charge < -0.3 is 15.4 Å². The van der Waals surface area contributed by atoms with Crippen molar-refractivity contribution in [3.63, 3.8) is 0 Å². The Hall–Kier alpha value is -4.07. The second-order valence-corrected chi connectivity index (χ2v) is 8.62. The molecule has 3 heterocycles. The first-order chi connectivity index (χ1) is 16.5. The zero-order chi connectivity index (χ0) is 23.7. The molecule has 0 spiro atoms. The minimum absolute atomic E-state index is 0.142. The van der Waals surface area contributed by atoms with Crippen LogP contribution < -0.4 is 10.5 Å². The lowest BCUT2D eigenvalue weighted by Crippen LogP contribution is -2.34. The van der Waals surface area contributed by atoms with Gasteiger partial charge in [-0.1, -0.05) is 0 Å². The molecule has 0 bridgehead atoms. The molecule has 8 nitrogen and oxygen atoms in total. The SMILES string of the molecule is Cc1cc2cc(C(=O)N(Cc3ccc(OC4CC4)cn3)C(C)c3ncccn3)ccc2nc1N. The van der Waals surface area contributed by atoms with Crippen molar-refractivity contribution in [3.8, 4) is 5.75 Å². The number of carbonyl (C=O) groups is 1. The maximum absolute atomic E-state index is 13.8. The topological polar surface area (TPSA) is 107 Å². The Balaban J connectivity index is 1.46. The number of aromatic nitrogens is 4. The van der Waals surface area contributed by atoms with Gasteiger partial charge in [-0.3, -0.25) is 9.78 Å². The highest BCUT2D eigenvalue weighted by Crippen LogP contribution is 2.27. The molecule has 1 amide bonds. The highest BCUT2D eigenvalue weighted by molar-refractivity contribution is 5.98. The van der Waals surface area contributed by atoms with Gasteiger partial charge in [0, 0.05) is 23.3 Å². The highest BCUT2D eigenvalue weighted by atomic mass is 16.5. The number of ether oxygens (including phenoxy) is 1. The second-order valence-electron chi connectivity index (χ2n) is 8.62. The van der Waals surface area contributed by atoms with Crippen LogP contribution in [0.5, 0.6) is 5.75 Å². The van der Waals surface area contributed by atoms with E-state index in [2.05, 4.69) is 19.9 Å². The third-order valence-electron chi connectivity index (χ3n) is 5.94. The van der Waals surface area contributed by atoms with Crippen LogP contribution in [0, 0.1) is 6.92 Å². The van der Waals surface area contributed by atoms with Gasteiger partial charge in [0.1, 0.15) is 17.4 Å². The van der Waals surface area contributed by atoms with Gasteiger partial charge in [0.15, 0.2) is 0 Å². The average Bonchev–Trinajstić information content (AvgIpc) is 3.68. The van der Waals surface area contributed by atoms with Crippen molar-refractivity contribution in [2.45, 2.75) is 45.4 Å². The van der Waals surface area contributed by atoms with Crippen LogP contribution >= 0.6 is 0 Å². The largest absolute Gasteiger partial charge is 0.489 e. The number of nitrogens with two attached hydrogens (primary N) is 1. The second kappa shape index (κ2) is 9.05. The minimum atomic E-state index is -0.361. The number of carbonyl (C=O) groups excluding carboxylic acids is 1. The standard InChI is InChI=1S/C26H26N6O2/c1-16-12-19-13-18(4-9-23(19)31-24(16)27)26(33)32(17(2)25-28-10-3-11-29-25)15-20-5-6-22(14-30-20)34-21-7-8-21/h3-6,9-14,17,21H,7-8,15H2,1-2H3,(H2,27,31). The summed E-state index contributed by atoms with van der Waals surface area (Å²) in [5, 5.41) is 0.862. The van der Waals surface area contributed by atoms with Gasteiger partial charge >= 0.3 is 0 Å². The molecule has 0 saturated heterocycles. The monoisotopic (exact) mass is 454 g/mol. The Morgan fingerprint density at radius 2 is 1.94 bits per heavy atom. The predicted molar refractivity (Wildman–Crippen MR) is 129 cm³/mol. The smallest absolute Gasteiger partial charge is 0.254 e. The first-order valence-electron chi connectivity index (χ1n) is 11.3. The lowest BCUT2D eigenvalue weighted by atomic mass is 10.1. The fourth-order valence-corrected chi connectivity index (χ4v) is 3.77. The summed E-state index contributed by atoms with van der Waals surface area (Å²) in [4.78, 5) is 33.2. The number of amides is 1. The van der Waals surface area contributed by atoms with Crippen LogP contribution in [-0.4, -0.2) is 36.8 Å². The molecule has 172 valence electrons. The number of hydrogen-bond acceptors (Lipinski definition) is 7. The van der Waals surface area contributed by atoms with Crippen molar-refractivity contribution >= 4 is 22.6 Å². The number of benzene rings is 1. The summed E-state index contributed by atoms with van der Waals surface area (Å²) in [6.07, 6.45) is 7.56. The molecule has 1 aromatic carbocycles. The molecule has 0 radical (unpaired) electrons. The number of aryl methyl sites for hydroxylation is 1. The molecule has 1 saturated carbocycles. The molecule has 1 fully saturated rings. The molecule has 2 N–H and O–H groups in total. The van der Waals surface area contributed by atoms with Crippen molar-refractivity contribution in [1.82, 2.24) is 24.8 Å². The maximum atomic E-state index is 13.8. The molecular formula is C26H26N6O2. The van der Waals surface area contributed by atoms with Crippen LogP contribution in [0.4, 0.5) is 5.82 Å². The van der Waals surface area contributed by atoms with E-state index in [1.54, 1.807) is 35.6 Å². The van der Waals surface area contributed by atoms with Crippen molar-refractivity contribution in [2.24, 2.45) is 0 Å². The first kappa shape index (κ1) is 21.8. The molecule has 34 heavy (non-hydrogen) atoms. The van der Waals surface area contributed by atoms with Crippen LogP contribution in [0.2, 0.25) is 0 Å². The maximum Gasteiger partial charge on any atom is 0.254 e. The lowest BCUT2D eigenvalue weighted by molar-refractivity contribution is 0.0663. The predicted octanol–water partition coefficient (Wildman–Crippen LogP) is 4.26. The van der Waals surface area contributed by atoms with Gasteiger partial charge in [-0.05, 0) is 74.7 Å². The van der Waals surface area contributed by atoms with Crippen LogP contribution in [0.3, 0.4) is 0 Å². The molecule has 1 aliphatic rings. The summed E-state index contributed by atoms with van der Waals surface area (Å²) in [6, 6.07) is 12.6. The van der Waals surface area contributed by atoms with E-state index >= 15 is 0 Å². The molecule has 4 aromatic rings. The average molecular weight is 455 g/mol. The molecule has 1 unspecified atom stereocenters. The Morgan fingerprint density at radius 3 is 2.65 bits per heavy atom. The van der Waals surface area contributed by atoms with Crippen molar-refractivity contribution in [1.29, 1.82) is 0 Å². The number of anilines is 1. The molecule has 8 heteroatoms. The number of pyridine rings is 2. The highest BCUT2D eigenvalue weighted by Gasteiger charge is 2.26. The Bertz CT molecular complexity index is 1320. The zero-order valence-corrected chi connectivity index (χ0v) is 19.2. The van der Waals surface area contributed by atoms with Gasteiger partial charge in [-0.25, -0.2) is 15.0 Å². The molecular weight excluding hydrogens is 428 g/mol. The van der Waals surface area contributed by atoms with Crippen LogP contribution in [0.1, 0.15) is 53.2 Å². The fourth-order valence-electron chi connectivity index (χ4n) is 3.77. The van der Waals surface area contributed by atoms with E-state index in [0.29, 0.717) is 29.9 Å². The molecule has 1 atom stereocenters. The number of nitrogens with zero attached hydrogens (tertiary/aromatic N) is 5. The Morgan fingerprint density at radius 1 is 1.15 bits per heavy atom. The van der Waals surface area contributed by atoms with Gasteiger partial charge in [0.25, 0.3) is 5.91 Å². The summed E-state index contributed by atoms with van der Waals surface area (Å²) >= 11 is 0. The van der Waals surface area contributed by atoms with Crippen molar-refractivity contribution in [3.05, 3.63) is 83.7 Å². The van der Waals surface area contributed by atoms with E-state index in [4.69, 9.17) is 10.5 Å². The third kappa shape index (κ3) is 4.66. The van der Waals surface area contributed by atoms with Crippen LogP contribution in [0.15, 0.2) is 61.1 Å². The van der Waals surface area contributed by atoms with Crippen molar-refractivity contribution in [2.75, 3.05) is 5.73 Å². The van der Waals surface area contributed by atoms with E-state index in [1.165, 1.54) is 0 Å². The van der Waals surface area contributed by atoms with Gasteiger partial charge in [-0.2, -0.15) is 0 Å². The molecule has 3 aromatic heterocycles. The van der Waals surface area contributed by atoms with Crippen LogP contribution in [-0.2, 0) is 6.54 Å². The summed E-state index contributed by atoms with van der Waals surface area (Å²) < 4.78 is 5.80. The van der Waals surface area contributed by atoms with Crippen LogP contribution in [0.25, 0.3) is 10.9 Å². The fraction of sp³-hybridized carbons (Fsp3) is 0.269. The number of hydrogen-bond donors (Lipinski definition) is 1. The van der Waals surface area contributed by atoms with Crippen molar-refractivity contribution < 1.29 is 9.53 Å². The van der Waals surface area contributed by atoms with E-state index in [1.807, 2.05) is 44.2 Å². The summed E-state index contributed by atoms with van der Waals surface area (Å²) in [5.74, 6) is 1.66. The molecule has 0 aliphatic heterocycles. The summed E-state index contributed by atoms with van der Waals surface area (Å²) in [7, 11) is 0.